The number of benzene rings is 2. The summed E-state index contributed by atoms with van der Waals surface area (Å²) in [5.41, 5.74) is 3.39. The molecule has 2 N–H and O–H groups in total. The van der Waals surface area contributed by atoms with E-state index in [0.29, 0.717) is 11.4 Å². The van der Waals surface area contributed by atoms with E-state index < -0.39 is 0 Å². The molecule has 1 aromatic heterocycles. The highest BCUT2D eigenvalue weighted by molar-refractivity contribution is 7.99. The van der Waals surface area contributed by atoms with Gasteiger partial charge >= 0.3 is 0 Å². The van der Waals surface area contributed by atoms with Crippen molar-refractivity contribution in [2.75, 3.05) is 10.6 Å². The van der Waals surface area contributed by atoms with Crippen LogP contribution in [0.5, 0.6) is 0 Å². The average Bonchev–Trinajstić information content (AvgIpc) is 2.61. The SMILES string of the molecule is Cc1ccc(NC(=O)c2ccc3c(c2)Nc2nccnc2S3)cc1. The maximum absolute atomic E-state index is 12.5. The van der Waals surface area contributed by atoms with Crippen molar-refractivity contribution >= 4 is 34.9 Å². The zero-order valence-corrected chi connectivity index (χ0v) is 13.7. The number of hydrogen-bond acceptors (Lipinski definition) is 5. The van der Waals surface area contributed by atoms with Crippen molar-refractivity contribution in [3.05, 3.63) is 66.0 Å². The predicted octanol–water partition coefficient (Wildman–Crippen LogP) is 4.25. The topological polar surface area (TPSA) is 66.9 Å². The average molecular weight is 334 g/mol. The maximum atomic E-state index is 12.5. The third-order valence-corrected chi connectivity index (χ3v) is 4.74. The lowest BCUT2D eigenvalue weighted by molar-refractivity contribution is 0.102. The molecule has 0 saturated carbocycles. The van der Waals surface area contributed by atoms with Gasteiger partial charge in [-0.1, -0.05) is 29.5 Å². The highest BCUT2D eigenvalue weighted by Gasteiger charge is 2.19. The number of nitrogens with one attached hydrogen (secondary N) is 2. The van der Waals surface area contributed by atoms with Crippen molar-refractivity contribution in [1.29, 1.82) is 0 Å². The van der Waals surface area contributed by atoms with E-state index in [2.05, 4.69) is 20.6 Å². The van der Waals surface area contributed by atoms with Crippen LogP contribution in [-0.4, -0.2) is 15.9 Å². The summed E-state index contributed by atoms with van der Waals surface area (Å²) in [5, 5.41) is 6.98. The zero-order valence-electron chi connectivity index (χ0n) is 12.9. The van der Waals surface area contributed by atoms with Gasteiger partial charge < -0.3 is 10.6 Å². The van der Waals surface area contributed by atoms with E-state index >= 15 is 0 Å². The predicted molar refractivity (Wildman–Crippen MR) is 95.0 cm³/mol. The Morgan fingerprint density at radius 2 is 1.88 bits per heavy atom. The van der Waals surface area contributed by atoms with E-state index in [1.807, 2.05) is 49.4 Å². The molecule has 0 atom stereocenters. The standard InChI is InChI=1S/C18H14N4OS/c1-11-2-5-13(6-3-11)21-17(23)12-4-7-15-14(10-12)22-16-18(24-15)20-9-8-19-16/h2-10H,1H3,(H,19,22)(H,21,23). The minimum atomic E-state index is -0.140. The Hall–Kier alpha value is -2.86. The van der Waals surface area contributed by atoms with Gasteiger partial charge in [0.15, 0.2) is 5.82 Å². The van der Waals surface area contributed by atoms with E-state index in [1.54, 1.807) is 24.2 Å². The smallest absolute Gasteiger partial charge is 0.255 e. The molecule has 0 unspecified atom stereocenters. The highest BCUT2D eigenvalue weighted by atomic mass is 32.2. The van der Waals surface area contributed by atoms with Crippen molar-refractivity contribution in [1.82, 2.24) is 9.97 Å². The van der Waals surface area contributed by atoms with Crippen LogP contribution in [0, 0.1) is 6.92 Å². The van der Waals surface area contributed by atoms with Gasteiger partial charge in [-0.25, -0.2) is 9.97 Å². The summed E-state index contributed by atoms with van der Waals surface area (Å²) >= 11 is 1.54. The Morgan fingerprint density at radius 1 is 1.08 bits per heavy atom. The Balaban J connectivity index is 1.57. The zero-order chi connectivity index (χ0) is 16.5. The molecular weight excluding hydrogens is 320 g/mol. The maximum Gasteiger partial charge on any atom is 0.255 e. The number of rotatable bonds is 2. The number of aryl methyl sites for hydroxylation is 1. The molecule has 0 bridgehead atoms. The lowest BCUT2D eigenvalue weighted by atomic mass is 10.1. The molecule has 24 heavy (non-hydrogen) atoms. The molecule has 0 radical (unpaired) electrons. The molecule has 1 aliphatic heterocycles. The second kappa shape index (κ2) is 5.98. The van der Waals surface area contributed by atoms with E-state index in [0.717, 1.165) is 26.9 Å². The molecule has 5 nitrogen and oxygen atoms in total. The molecular formula is C18H14N4OS. The van der Waals surface area contributed by atoms with Crippen molar-refractivity contribution in [3.8, 4) is 0 Å². The molecule has 118 valence electrons. The van der Waals surface area contributed by atoms with Crippen LogP contribution in [-0.2, 0) is 0 Å². The second-order valence-corrected chi connectivity index (χ2v) is 6.50. The van der Waals surface area contributed by atoms with Gasteiger partial charge in [-0.3, -0.25) is 4.79 Å². The fourth-order valence-electron chi connectivity index (χ4n) is 2.42. The molecule has 0 aliphatic carbocycles. The van der Waals surface area contributed by atoms with Crippen LogP contribution in [0.4, 0.5) is 17.2 Å². The highest BCUT2D eigenvalue weighted by Crippen LogP contribution is 2.42. The Kier molecular flexibility index (Phi) is 3.66. The molecule has 0 spiro atoms. The van der Waals surface area contributed by atoms with Crippen molar-refractivity contribution in [2.45, 2.75) is 16.8 Å². The van der Waals surface area contributed by atoms with Crippen LogP contribution < -0.4 is 10.6 Å². The first-order valence-electron chi connectivity index (χ1n) is 7.47. The lowest BCUT2D eigenvalue weighted by Gasteiger charge is -2.19. The van der Waals surface area contributed by atoms with Gasteiger partial charge in [0.05, 0.1) is 5.69 Å². The molecule has 0 saturated heterocycles. The number of carbonyl (C=O) groups excluding carboxylic acids is 1. The number of amides is 1. The fourth-order valence-corrected chi connectivity index (χ4v) is 3.29. The number of aromatic nitrogens is 2. The summed E-state index contributed by atoms with van der Waals surface area (Å²) in [7, 11) is 0. The van der Waals surface area contributed by atoms with Gasteiger partial charge in [0.1, 0.15) is 5.03 Å². The van der Waals surface area contributed by atoms with Crippen LogP contribution in [0.1, 0.15) is 15.9 Å². The molecule has 4 rings (SSSR count). The van der Waals surface area contributed by atoms with Gasteiger partial charge in [-0.05, 0) is 37.3 Å². The molecule has 2 aromatic carbocycles. The van der Waals surface area contributed by atoms with Gasteiger partial charge in [-0.2, -0.15) is 0 Å². The first-order valence-corrected chi connectivity index (χ1v) is 8.29. The van der Waals surface area contributed by atoms with Gasteiger partial charge in [0, 0.05) is 28.5 Å². The third kappa shape index (κ3) is 2.83. The van der Waals surface area contributed by atoms with Crippen molar-refractivity contribution in [2.24, 2.45) is 0 Å². The molecule has 0 fully saturated rings. The lowest BCUT2D eigenvalue weighted by Crippen LogP contribution is -2.13. The number of carbonyl (C=O) groups is 1. The molecule has 3 aromatic rings. The molecule has 1 aliphatic rings. The third-order valence-electron chi connectivity index (χ3n) is 3.68. The van der Waals surface area contributed by atoms with Crippen molar-refractivity contribution < 1.29 is 4.79 Å². The van der Waals surface area contributed by atoms with E-state index in [1.165, 1.54) is 0 Å². The van der Waals surface area contributed by atoms with Crippen LogP contribution in [0.2, 0.25) is 0 Å². The summed E-state index contributed by atoms with van der Waals surface area (Å²) in [4.78, 5) is 22.1. The minimum Gasteiger partial charge on any atom is -0.337 e. The van der Waals surface area contributed by atoms with Gasteiger partial charge in [0.25, 0.3) is 5.91 Å². The largest absolute Gasteiger partial charge is 0.337 e. The summed E-state index contributed by atoms with van der Waals surface area (Å²) in [6, 6.07) is 13.3. The number of fused-ring (bicyclic) bond motifs is 2. The fraction of sp³-hybridized carbons (Fsp3) is 0.0556. The molecule has 6 heteroatoms. The summed E-state index contributed by atoms with van der Waals surface area (Å²) in [5.74, 6) is 0.574. The van der Waals surface area contributed by atoms with Crippen LogP contribution in [0.25, 0.3) is 0 Å². The van der Waals surface area contributed by atoms with Gasteiger partial charge in [-0.15, -0.1) is 0 Å². The van der Waals surface area contributed by atoms with E-state index in [4.69, 9.17) is 0 Å². The van der Waals surface area contributed by atoms with Crippen molar-refractivity contribution in [3.63, 3.8) is 0 Å². The first-order chi connectivity index (χ1) is 11.7. The Morgan fingerprint density at radius 3 is 2.71 bits per heavy atom. The normalized spacial score (nSPS) is 11.9. The summed E-state index contributed by atoms with van der Waals surface area (Å²) < 4.78 is 0. The minimum absolute atomic E-state index is 0.140. The van der Waals surface area contributed by atoms with Crippen LogP contribution in [0.15, 0.2) is 64.8 Å². The first kappa shape index (κ1) is 14.7. The molecule has 1 amide bonds. The van der Waals surface area contributed by atoms with Gasteiger partial charge in [0.2, 0.25) is 0 Å². The number of hydrogen-bond donors (Lipinski definition) is 2. The number of anilines is 3. The monoisotopic (exact) mass is 334 g/mol. The summed E-state index contributed by atoms with van der Waals surface area (Å²) in [6.07, 6.45) is 3.31. The Labute approximate surface area is 143 Å². The van der Waals surface area contributed by atoms with E-state index in [9.17, 15) is 4.79 Å². The quantitative estimate of drug-likeness (QED) is 0.574. The number of nitrogens with zero attached hydrogens (tertiary/aromatic N) is 2. The van der Waals surface area contributed by atoms with E-state index in [-0.39, 0.29) is 5.91 Å². The molecule has 2 heterocycles. The second-order valence-electron chi connectivity index (χ2n) is 5.47. The summed E-state index contributed by atoms with van der Waals surface area (Å²) in [6.45, 7) is 2.01. The van der Waals surface area contributed by atoms with Crippen LogP contribution in [0.3, 0.4) is 0 Å². The van der Waals surface area contributed by atoms with Crippen LogP contribution >= 0.6 is 11.8 Å². The Bertz CT molecular complexity index is 925.